The van der Waals surface area contributed by atoms with E-state index in [-0.39, 0.29) is 5.91 Å². The van der Waals surface area contributed by atoms with Crippen molar-refractivity contribution in [1.29, 1.82) is 0 Å². The summed E-state index contributed by atoms with van der Waals surface area (Å²) in [6, 6.07) is 9.48. The molecule has 1 aliphatic rings. The molecular formula is C29H37N3O4S. The molecule has 1 aromatic carbocycles. The lowest BCUT2D eigenvalue weighted by molar-refractivity contribution is 0.0953. The number of amides is 1. The molecule has 7 nitrogen and oxygen atoms in total. The largest absolute Gasteiger partial charge is 0.497 e. The van der Waals surface area contributed by atoms with Gasteiger partial charge in [0.25, 0.3) is 5.91 Å². The van der Waals surface area contributed by atoms with Crippen molar-refractivity contribution in [1.82, 2.24) is 14.9 Å². The van der Waals surface area contributed by atoms with Crippen molar-refractivity contribution in [2.75, 3.05) is 27.4 Å². The molecule has 0 saturated heterocycles. The topological polar surface area (TPSA) is 74.6 Å². The molecule has 0 unspecified atom stereocenters. The summed E-state index contributed by atoms with van der Waals surface area (Å²) >= 11 is 1.56. The molecule has 0 fully saturated rings. The summed E-state index contributed by atoms with van der Waals surface area (Å²) in [6.07, 6.45) is 8.97. The summed E-state index contributed by atoms with van der Waals surface area (Å²) in [5, 5.41) is 6.04. The van der Waals surface area contributed by atoms with Crippen LogP contribution in [0.25, 0.3) is 11.4 Å². The van der Waals surface area contributed by atoms with Gasteiger partial charge in [-0.3, -0.25) is 4.79 Å². The van der Waals surface area contributed by atoms with Crippen LogP contribution < -0.4 is 14.8 Å². The molecule has 1 aliphatic carbocycles. The highest BCUT2D eigenvalue weighted by molar-refractivity contribution is 7.09. The number of carbonyl (C=O) groups excluding carboxylic acids is 1. The molecule has 0 radical (unpaired) electrons. The maximum absolute atomic E-state index is 13.1. The van der Waals surface area contributed by atoms with Crippen molar-refractivity contribution >= 4 is 17.2 Å². The Morgan fingerprint density at radius 3 is 2.70 bits per heavy atom. The van der Waals surface area contributed by atoms with Crippen molar-refractivity contribution in [3.8, 4) is 22.9 Å². The Balaban J connectivity index is 1.46. The minimum atomic E-state index is -0.0288. The molecule has 3 aromatic rings. The zero-order chi connectivity index (χ0) is 26.0. The number of benzene rings is 1. The van der Waals surface area contributed by atoms with Crippen LogP contribution in [0.5, 0.6) is 11.5 Å². The van der Waals surface area contributed by atoms with E-state index in [2.05, 4.69) is 16.0 Å². The van der Waals surface area contributed by atoms with Gasteiger partial charge in [-0.05, 0) is 75.8 Å². The predicted molar refractivity (Wildman–Crippen MR) is 148 cm³/mol. The second-order valence-corrected chi connectivity index (χ2v) is 10.2. The third kappa shape index (κ3) is 7.23. The summed E-state index contributed by atoms with van der Waals surface area (Å²) < 4.78 is 18.6. The van der Waals surface area contributed by atoms with Gasteiger partial charge in [0.1, 0.15) is 23.1 Å². The third-order valence-corrected chi connectivity index (χ3v) is 7.52. The first-order chi connectivity index (χ1) is 18.1. The average molecular weight is 524 g/mol. The van der Waals surface area contributed by atoms with Crippen LogP contribution in [-0.4, -0.2) is 42.8 Å². The molecule has 0 saturated carbocycles. The number of nitrogens with zero attached hydrogens (tertiary/aromatic N) is 2. The van der Waals surface area contributed by atoms with Crippen LogP contribution in [0, 0.1) is 6.92 Å². The van der Waals surface area contributed by atoms with E-state index in [0.29, 0.717) is 25.3 Å². The standard InChI is InChI=1S/C29H37N3O4S/c1-21-25(29(33)30-15-14-22-8-5-4-6-9-22)18-27(32(21)16-7-17-34-2)26-20-37-28(31-26)19-36-24-12-10-23(35-3)11-13-24/h8,10-13,18,20H,4-7,9,14-17,19H2,1-3H3,(H,30,33). The highest BCUT2D eigenvalue weighted by Gasteiger charge is 2.20. The second-order valence-electron chi connectivity index (χ2n) is 9.23. The minimum absolute atomic E-state index is 0.0288. The van der Waals surface area contributed by atoms with E-state index in [1.807, 2.05) is 42.6 Å². The van der Waals surface area contributed by atoms with Crippen LogP contribution in [0.15, 0.2) is 47.4 Å². The number of ether oxygens (including phenoxy) is 3. The molecule has 0 aliphatic heterocycles. The predicted octanol–water partition coefficient (Wildman–Crippen LogP) is 6.16. The highest BCUT2D eigenvalue weighted by atomic mass is 32.1. The van der Waals surface area contributed by atoms with Crippen molar-refractivity contribution < 1.29 is 19.0 Å². The SMILES string of the molecule is COCCCn1c(-c2csc(COc3ccc(OC)cc3)n2)cc(C(=O)NCCC2=CCCCC2)c1C. The van der Waals surface area contributed by atoms with Gasteiger partial charge >= 0.3 is 0 Å². The van der Waals surface area contributed by atoms with E-state index in [1.165, 1.54) is 18.4 Å². The number of methoxy groups -OCH3 is 2. The Bertz CT molecular complexity index is 1200. The number of allylic oxidation sites excluding steroid dienone is 1. The van der Waals surface area contributed by atoms with Gasteiger partial charge in [0.15, 0.2) is 0 Å². The second kappa shape index (κ2) is 13.4. The first kappa shape index (κ1) is 26.9. The number of hydrogen-bond donors (Lipinski definition) is 1. The summed E-state index contributed by atoms with van der Waals surface area (Å²) in [7, 11) is 3.35. The van der Waals surface area contributed by atoms with E-state index in [0.717, 1.165) is 65.8 Å². The van der Waals surface area contributed by atoms with Gasteiger partial charge in [0.05, 0.1) is 24.1 Å². The van der Waals surface area contributed by atoms with Gasteiger partial charge < -0.3 is 24.1 Å². The monoisotopic (exact) mass is 523 g/mol. The lowest BCUT2D eigenvalue weighted by Crippen LogP contribution is -2.25. The first-order valence-electron chi connectivity index (χ1n) is 13.0. The van der Waals surface area contributed by atoms with E-state index >= 15 is 0 Å². The van der Waals surface area contributed by atoms with E-state index in [1.54, 1.807) is 25.6 Å². The molecule has 0 spiro atoms. The van der Waals surface area contributed by atoms with Crippen molar-refractivity contribution in [2.24, 2.45) is 0 Å². The van der Waals surface area contributed by atoms with Crippen LogP contribution in [0.2, 0.25) is 0 Å². The van der Waals surface area contributed by atoms with Crippen molar-refractivity contribution in [3.63, 3.8) is 0 Å². The maximum atomic E-state index is 13.1. The van der Waals surface area contributed by atoms with Gasteiger partial charge in [-0.1, -0.05) is 11.6 Å². The lowest BCUT2D eigenvalue weighted by atomic mass is 9.97. The van der Waals surface area contributed by atoms with Gasteiger partial charge in [-0.25, -0.2) is 4.98 Å². The highest BCUT2D eigenvalue weighted by Crippen LogP contribution is 2.29. The molecule has 0 atom stereocenters. The molecule has 37 heavy (non-hydrogen) atoms. The smallest absolute Gasteiger partial charge is 0.253 e. The summed E-state index contributed by atoms with van der Waals surface area (Å²) in [5.74, 6) is 1.53. The average Bonchev–Trinajstić information content (AvgIpc) is 3.53. The van der Waals surface area contributed by atoms with Gasteiger partial charge in [-0.2, -0.15) is 0 Å². The van der Waals surface area contributed by atoms with Crippen molar-refractivity contribution in [3.05, 3.63) is 63.6 Å². The molecule has 1 amide bonds. The minimum Gasteiger partial charge on any atom is -0.497 e. The summed E-state index contributed by atoms with van der Waals surface area (Å²) in [4.78, 5) is 18.0. The fraction of sp³-hybridized carbons (Fsp3) is 0.448. The zero-order valence-electron chi connectivity index (χ0n) is 22.0. The summed E-state index contributed by atoms with van der Waals surface area (Å²) in [6.45, 7) is 4.46. The molecule has 1 N–H and O–H groups in total. The third-order valence-electron chi connectivity index (χ3n) is 6.69. The van der Waals surface area contributed by atoms with Crippen LogP contribution in [-0.2, 0) is 17.9 Å². The summed E-state index contributed by atoms with van der Waals surface area (Å²) in [5.41, 5.74) is 4.91. The molecule has 4 rings (SSSR count). The van der Waals surface area contributed by atoms with Crippen LogP contribution in [0.1, 0.15) is 59.6 Å². The Kier molecular flexibility index (Phi) is 9.79. The van der Waals surface area contributed by atoms with Gasteiger partial charge in [0.2, 0.25) is 0 Å². The molecular weight excluding hydrogens is 486 g/mol. The maximum Gasteiger partial charge on any atom is 0.253 e. The van der Waals surface area contributed by atoms with E-state index in [9.17, 15) is 4.79 Å². The lowest BCUT2D eigenvalue weighted by Gasteiger charge is -2.13. The van der Waals surface area contributed by atoms with Gasteiger partial charge in [-0.15, -0.1) is 11.3 Å². The molecule has 0 bridgehead atoms. The molecule has 2 aromatic heterocycles. The fourth-order valence-corrected chi connectivity index (χ4v) is 5.32. The Morgan fingerprint density at radius 2 is 1.97 bits per heavy atom. The number of hydrogen-bond acceptors (Lipinski definition) is 6. The van der Waals surface area contributed by atoms with Gasteiger partial charge in [0, 0.05) is 37.9 Å². The normalized spacial score (nSPS) is 13.3. The number of rotatable bonds is 13. The quantitative estimate of drug-likeness (QED) is 0.214. The fourth-order valence-electron chi connectivity index (χ4n) is 4.62. The van der Waals surface area contributed by atoms with E-state index < -0.39 is 0 Å². The Morgan fingerprint density at radius 1 is 1.16 bits per heavy atom. The number of thiazole rings is 1. The Hall–Kier alpha value is -3.10. The van der Waals surface area contributed by atoms with Crippen LogP contribution in [0.4, 0.5) is 0 Å². The van der Waals surface area contributed by atoms with Crippen molar-refractivity contribution in [2.45, 2.75) is 58.6 Å². The number of aromatic nitrogens is 2. The zero-order valence-corrected chi connectivity index (χ0v) is 22.9. The molecule has 198 valence electrons. The van der Waals surface area contributed by atoms with Crippen LogP contribution >= 0.6 is 11.3 Å². The molecule has 8 heteroatoms. The van der Waals surface area contributed by atoms with E-state index in [4.69, 9.17) is 19.2 Å². The first-order valence-corrected chi connectivity index (χ1v) is 13.8. The number of nitrogens with one attached hydrogen (secondary N) is 1. The van der Waals surface area contributed by atoms with Crippen LogP contribution in [0.3, 0.4) is 0 Å². The Labute approximate surface area is 223 Å². The number of carbonyl (C=O) groups is 1. The molecule has 2 heterocycles.